The molecule has 1 atom stereocenters. The largest absolute Gasteiger partial charge is 1.00 e. The Bertz CT molecular complexity index is 757. The summed E-state index contributed by atoms with van der Waals surface area (Å²) in [7, 11) is -5.64. The molecule has 0 fully saturated rings. The van der Waals surface area contributed by atoms with Crippen LogP contribution in [0.2, 0.25) is 0 Å². The van der Waals surface area contributed by atoms with E-state index < -0.39 is 71.6 Å². The molecule has 206 valence electrons. The maximum Gasteiger partial charge on any atom is 1.00 e. The first-order chi connectivity index (χ1) is 14.9. The fraction of sp³-hybridized carbons (Fsp3) is 1.00. The van der Waals surface area contributed by atoms with Gasteiger partial charge < -0.3 is 4.55 Å². The summed E-state index contributed by atoms with van der Waals surface area (Å²) < 4.78 is 206. The van der Waals surface area contributed by atoms with Crippen molar-refractivity contribution < 1.29 is 104 Å². The summed E-state index contributed by atoms with van der Waals surface area (Å²) in [6.07, 6.45) is -12.3. The van der Waals surface area contributed by atoms with Crippen LogP contribution in [0.4, 0.5) is 57.1 Å². The Hall–Kier alpha value is -0.0400. The maximum atomic E-state index is 13.8. The van der Waals surface area contributed by atoms with E-state index in [4.69, 9.17) is 0 Å². The average Bonchev–Trinajstić information content (AvgIpc) is 2.63. The molecule has 1 unspecified atom stereocenters. The van der Waals surface area contributed by atoms with Gasteiger partial charge in [0.15, 0.2) is 0 Å². The predicted molar refractivity (Wildman–Crippen MR) is 88.0 cm³/mol. The third-order valence-electron chi connectivity index (χ3n) is 4.66. The molecule has 0 radical (unpaired) electrons. The molecule has 0 heterocycles. The average molecular weight is 578 g/mol. The van der Waals surface area contributed by atoms with Gasteiger partial charge in [0.05, 0.1) is 6.10 Å². The number of hydrogen-bond acceptors (Lipinski definition) is 4. The topological polar surface area (TPSA) is 66.4 Å². The van der Waals surface area contributed by atoms with Gasteiger partial charge in [-0.3, -0.25) is 4.18 Å². The van der Waals surface area contributed by atoms with Gasteiger partial charge in [-0.2, -0.15) is 57.1 Å². The van der Waals surface area contributed by atoms with Gasteiger partial charge in [0.1, 0.15) is 0 Å². The Kier molecular flexibility index (Phi) is 13.4. The molecule has 4 nitrogen and oxygen atoms in total. The first kappa shape index (κ1) is 37.1. The van der Waals surface area contributed by atoms with Crippen molar-refractivity contribution in [3.63, 3.8) is 0 Å². The summed E-state index contributed by atoms with van der Waals surface area (Å²) in [5, 5.41) is 0. The fourth-order valence-corrected chi connectivity index (χ4v) is 3.21. The first-order valence-corrected chi connectivity index (χ1v) is 10.8. The molecule has 0 aromatic rings. The summed E-state index contributed by atoms with van der Waals surface area (Å²) in [6, 6.07) is 0. The van der Waals surface area contributed by atoms with E-state index >= 15 is 0 Å². The summed E-state index contributed by atoms with van der Waals surface area (Å²) in [4.78, 5) is 0. The van der Waals surface area contributed by atoms with Crippen molar-refractivity contribution >= 4 is 10.4 Å². The second-order valence-corrected chi connectivity index (χ2v) is 8.38. The van der Waals surface area contributed by atoms with E-state index in [1.807, 2.05) is 0 Å². The van der Waals surface area contributed by atoms with Crippen LogP contribution in [0.25, 0.3) is 0 Å². The fourth-order valence-electron chi connectivity index (χ4n) is 2.68. The van der Waals surface area contributed by atoms with Gasteiger partial charge in [-0.25, -0.2) is 8.42 Å². The van der Waals surface area contributed by atoms with E-state index in [-0.39, 0.29) is 36.0 Å². The third-order valence-corrected chi connectivity index (χ3v) is 5.17. The van der Waals surface area contributed by atoms with Crippen LogP contribution in [0.5, 0.6) is 0 Å². The molecule has 19 heteroatoms. The Labute approximate surface area is 214 Å². The van der Waals surface area contributed by atoms with E-state index in [1.165, 1.54) is 0 Å². The van der Waals surface area contributed by atoms with Crippen LogP contribution in [0.1, 0.15) is 58.3 Å². The molecule has 0 N–H and O–H groups in total. The van der Waals surface area contributed by atoms with Crippen molar-refractivity contribution in [2.75, 3.05) is 0 Å². The molecule has 0 saturated heterocycles. The summed E-state index contributed by atoms with van der Waals surface area (Å²) in [5.74, 6) is -37.6. The molecule has 0 spiro atoms. The van der Waals surface area contributed by atoms with Gasteiger partial charge in [-0.1, -0.05) is 39.0 Å². The van der Waals surface area contributed by atoms with Crippen LogP contribution >= 0.6 is 0 Å². The number of unbranched alkanes of at least 4 members (excludes halogenated alkanes) is 4. The molecule has 0 saturated carbocycles. The molecule has 35 heavy (non-hydrogen) atoms. The molecular weight excluding hydrogens is 558 g/mol. The molecule has 0 bridgehead atoms. The number of hydrogen-bond donors (Lipinski definition) is 0. The van der Waals surface area contributed by atoms with Crippen molar-refractivity contribution in [1.82, 2.24) is 0 Å². The first-order valence-electron chi connectivity index (χ1n) is 9.49. The molecule has 0 rings (SSSR count). The van der Waals surface area contributed by atoms with E-state index in [9.17, 15) is 70.0 Å². The number of rotatable bonds is 15. The van der Waals surface area contributed by atoms with Crippen molar-refractivity contribution in [3.8, 4) is 0 Å². The summed E-state index contributed by atoms with van der Waals surface area (Å²) in [6.45, 7) is 1.79. The maximum absolute atomic E-state index is 13.8. The predicted octanol–water partition coefficient (Wildman–Crippen LogP) is 3.72. The van der Waals surface area contributed by atoms with Crippen molar-refractivity contribution in [3.05, 3.63) is 0 Å². The van der Waals surface area contributed by atoms with Crippen LogP contribution in [-0.2, 0) is 14.6 Å². The van der Waals surface area contributed by atoms with Gasteiger partial charge >= 0.3 is 65.3 Å². The van der Waals surface area contributed by atoms with Crippen molar-refractivity contribution in [2.45, 2.75) is 100 Å². The standard InChI is InChI=1S/C16H21F13O4S.Na/c1-2-3-4-5-6-7-10(33-34(30,31)32)8-9-11(17,18)12(19,20)13(21,22)14(23,24)15(25,26)16(27,28)29;/h10H,2-9H2,1H3,(H,30,31,32);/q;+1/p-1. The second kappa shape index (κ2) is 12.7. The molecule has 0 aromatic carbocycles. The van der Waals surface area contributed by atoms with Crippen LogP contribution in [0.3, 0.4) is 0 Å². The van der Waals surface area contributed by atoms with Gasteiger partial charge in [0, 0.05) is 6.42 Å². The van der Waals surface area contributed by atoms with Gasteiger partial charge in [-0.15, -0.1) is 0 Å². The van der Waals surface area contributed by atoms with Crippen LogP contribution in [0.15, 0.2) is 0 Å². The van der Waals surface area contributed by atoms with E-state index in [2.05, 4.69) is 4.18 Å². The van der Waals surface area contributed by atoms with Gasteiger partial charge in [0.2, 0.25) is 10.4 Å². The summed E-state index contributed by atoms with van der Waals surface area (Å²) in [5.41, 5.74) is 0. The van der Waals surface area contributed by atoms with Crippen molar-refractivity contribution in [2.24, 2.45) is 0 Å². The number of halogens is 13. The molecule has 0 aliphatic rings. The SMILES string of the molecule is CCCCCCCC(CCC(F)(F)C(F)(F)C(F)(F)C(F)(F)C(F)(F)C(F)(F)F)OS(=O)(=O)[O-].[Na+]. The minimum Gasteiger partial charge on any atom is -0.726 e. The van der Waals surface area contributed by atoms with Crippen LogP contribution < -0.4 is 29.6 Å². The Balaban J connectivity index is 0. The third kappa shape index (κ3) is 8.75. The zero-order valence-corrected chi connectivity index (χ0v) is 21.0. The zero-order chi connectivity index (χ0) is 27.4. The molecule has 0 aliphatic heterocycles. The molecule has 0 aliphatic carbocycles. The van der Waals surface area contributed by atoms with Gasteiger partial charge in [-0.05, 0) is 12.8 Å². The van der Waals surface area contributed by atoms with E-state index in [0.717, 1.165) is 6.42 Å². The monoisotopic (exact) mass is 578 g/mol. The van der Waals surface area contributed by atoms with Crippen LogP contribution in [0, 0.1) is 0 Å². The van der Waals surface area contributed by atoms with Gasteiger partial charge in [0.25, 0.3) is 0 Å². The number of alkyl halides is 13. The van der Waals surface area contributed by atoms with Crippen LogP contribution in [-0.4, -0.2) is 54.9 Å². The normalized spacial score (nSPS) is 15.6. The zero-order valence-electron chi connectivity index (χ0n) is 18.2. The Morgan fingerprint density at radius 3 is 1.51 bits per heavy atom. The molecular formula is C16H20F13NaO4S. The minimum absolute atomic E-state index is 0. The Morgan fingerprint density at radius 2 is 1.11 bits per heavy atom. The smallest absolute Gasteiger partial charge is 0.726 e. The summed E-state index contributed by atoms with van der Waals surface area (Å²) >= 11 is 0. The van der Waals surface area contributed by atoms with E-state index in [1.54, 1.807) is 6.92 Å². The Morgan fingerprint density at radius 1 is 0.686 bits per heavy atom. The second-order valence-electron chi connectivity index (χ2n) is 7.37. The minimum atomic E-state index is -8.02. The molecule has 0 amide bonds. The van der Waals surface area contributed by atoms with Crippen molar-refractivity contribution in [1.29, 1.82) is 0 Å². The quantitative estimate of drug-likeness (QED) is 0.0978. The molecule has 0 aromatic heterocycles. The van der Waals surface area contributed by atoms with E-state index in [0.29, 0.717) is 19.3 Å².